The third kappa shape index (κ3) is 2.70. The first-order valence-corrected chi connectivity index (χ1v) is 7.31. The lowest BCUT2D eigenvalue weighted by molar-refractivity contribution is -0.147. The number of carboxylic acids is 1. The lowest BCUT2D eigenvalue weighted by Gasteiger charge is -2.23. The SMILES string of the molecule is O=C(NCCCn1ccnc1)[C@@H]1[C@@H](C(=O)O)[C@H]2C=C[C@@H]1C2. The topological polar surface area (TPSA) is 84.2 Å². The third-order valence-electron chi connectivity index (χ3n) is 4.50. The van der Waals surface area contributed by atoms with Crippen LogP contribution in [0.4, 0.5) is 0 Å². The predicted octanol–water partition coefficient (Wildman–Crippen LogP) is 0.912. The fraction of sp³-hybridized carbons (Fsp3) is 0.533. The molecule has 4 atom stereocenters. The van der Waals surface area contributed by atoms with Gasteiger partial charge in [0.05, 0.1) is 18.2 Å². The van der Waals surface area contributed by atoms with E-state index in [2.05, 4.69) is 10.3 Å². The summed E-state index contributed by atoms with van der Waals surface area (Å²) in [6, 6.07) is 0. The fourth-order valence-electron chi connectivity index (χ4n) is 3.53. The van der Waals surface area contributed by atoms with Gasteiger partial charge in [-0.1, -0.05) is 12.2 Å². The number of nitrogens with one attached hydrogen (secondary N) is 1. The first-order chi connectivity index (χ1) is 10.2. The summed E-state index contributed by atoms with van der Waals surface area (Å²) in [5.41, 5.74) is 0. The molecule has 2 N–H and O–H groups in total. The number of carboxylic acid groups (broad SMARTS) is 1. The molecule has 0 aliphatic heterocycles. The van der Waals surface area contributed by atoms with E-state index in [1.54, 1.807) is 12.5 Å². The van der Waals surface area contributed by atoms with Crippen molar-refractivity contribution in [1.82, 2.24) is 14.9 Å². The molecule has 2 bridgehead atoms. The fourth-order valence-corrected chi connectivity index (χ4v) is 3.53. The molecule has 3 rings (SSSR count). The van der Waals surface area contributed by atoms with Gasteiger partial charge in [0.2, 0.25) is 5.91 Å². The molecule has 0 radical (unpaired) electrons. The van der Waals surface area contributed by atoms with Crippen molar-refractivity contribution in [2.24, 2.45) is 23.7 Å². The zero-order valence-corrected chi connectivity index (χ0v) is 11.7. The van der Waals surface area contributed by atoms with E-state index in [1.807, 2.05) is 22.9 Å². The van der Waals surface area contributed by atoms with Crippen molar-refractivity contribution < 1.29 is 14.7 Å². The highest BCUT2D eigenvalue weighted by molar-refractivity contribution is 5.86. The number of fused-ring (bicyclic) bond motifs is 2. The van der Waals surface area contributed by atoms with Crippen LogP contribution in [-0.4, -0.2) is 33.1 Å². The molecule has 2 aliphatic rings. The van der Waals surface area contributed by atoms with Crippen molar-refractivity contribution in [3.05, 3.63) is 30.9 Å². The summed E-state index contributed by atoms with van der Waals surface area (Å²) in [5.74, 6) is -1.84. The van der Waals surface area contributed by atoms with Gasteiger partial charge in [0.25, 0.3) is 0 Å². The van der Waals surface area contributed by atoms with Crippen molar-refractivity contribution in [2.45, 2.75) is 19.4 Å². The van der Waals surface area contributed by atoms with Gasteiger partial charge in [0.15, 0.2) is 0 Å². The molecule has 1 aromatic heterocycles. The maximum atomic E-state index is 12.3. The van der Waals surface area contributed by atoms with E-state index in [0.29, 0.717) is 6.54 Å². The van der Waals surface area contributed by atoms with Crippen molar-refractivity contribution in [2.75, 3.05) is 6.54 Å². The smallest absolute Gasteiger partial charge is 0.307 e. The molecule has 21 heavy (non-hydrogen) atoms. The highest BCUT2D eigenvalue weighted by Crippen LogP contribution is 2.48. The van der Waals surface area contributed by atoms with E-state index < -0.39 is 17.8 Å². The highest BCUT2D eigenvalue weighted by Gasteiger charge is 2.51. The number of imidazole rings is 1. The number of hydrogen-bond acceptors (Lipinski definition) is 3. The molecule has 0 unspecified atom stereocenters. The molecule has 0 saturated heterocycles. The number of aryl methyl sites for hydroxylation is 1. The molecular formula is C15H19N3O3. The standard InChI is InChI=1S/C15H19N3O3/c19-14(17-4-1-6-18-7-5-16-9-18)12-10-2-3-11(8-10)13(12)15(20)21/h2-3,5,7,9-13H,1,4,6,8H2,(H,17,19)(H,20,21)/t10-,11+,12+,13+/m1/s1. The summed E-state index contributed by atoms with van der Waals surface area (Å²) in [6.07, 6.45) is 10.9. The van der Waals surface area contributed by atoms with Crippen LogP contribution in [-0.2, 0) is 16.1 Å². The Morgan fingerprint density at radius 2 is 2.05 bits per heavy atom. The van der Waals surface area contributed by atoms with Crippen molar-refractivity contribution in [1.29, 1.82) is 0 Å². The minimum Gasteiger partial charge on any atom is -0.481 e. The van der Waals surface area contributed by atoms with Crippen LogP contribution in [0.3, 0.4) is 0 Å². The number of carbonyl (C=O) groups is 2. The molecule has 6 heteroatoms. The van der Waals surface area contributed by atoms with Crippen LogP contribution in [0.15, 0.2) is 30.9 Å². The van der Waals surface area contributed by atoms with E-state index >= 15 is 0 Å². The minimum absolute atomic E-state index is 0.0224. The maximum absolute atomic E-state index is 12.3. The molecule has 1 amide bonds. The summed E-state index contributed by atoms with van der Waals surface area (Å²) < 4.78 is 1.95. The van der Waals surface area contributed by atoms with Crippen molar-refractivity contribution in [3.8, 4) is 0 Å². The lowest BCUT2D eigenvalue weighted by Crippen LogP contribution is -2.40. The monoisotopic (exact) mass is 289 g/mol. The number of nitrogens with zero attached hydrogens (tertiary/aromatic N) is 2. The van der Waals surface area contributed by atoms with Crippen LogP contribution in [0.5, 0.6) is 0 Å². The second kappa shape index (κ2) is 5.71. The zero-order valence-electron chi connectivity index (χ0n) is 11.7. The molecule has 2 aliphatic carbocycles. The van der Waals surface area contributed by atoms with E-state index in [4.69, 9.17) is 0 Å². The van der Waals surface area contributed by atoms with Gasteiger partial charge in [-0.2, -0.15) is 0 Å². The second-order valence-electron chi connectivity index (χ2n) is 5.78. The molecule has 0 spiro atoms. The number of aliphatic carboxylic acids is 1. The number of hydrogen-bond donors (Lipinski definition) is 2. The molecule has 1 heterocycles. The van der Waals surface area contributed by atoms with Gasteiger partial charge in [0.1, 0.15) is 0 Å². The van der Waals surface area contributed by atoms with Crippen LogP contribution in [0, 0.1) is 23.7 Å². The van der Waals surface area contributed by atoms with Gasteiger partial charge >= 0.3 is 5.97 Å². The molecular weight excluding hydrogens is 270 g/mol. The number of amides is 1. The van der Waals surface area contributed by atoms with Gasteiger partial charge in [-0.25, -0.2) is 4.98 Å². The number of rotatable bonds is 6. The summed E-state index contributed by atoms with van der Waals surface area (Å²) in [4.78, 5) is 27.6. The van der Waals surface area contributed by atoms with E-state index in [1.165, 1.54) is 0 Å². The molecule has 112 valence electrons. The molecule has 0 aromatic carbocycles. The largest absolute Gasteiger partial charge is 0.481 e. The highest BCUT2D eigenvalue weighted by atomic mass is 16.4. The summed E-state index contributed by atoms with van der Waals surface area (Å²) in [6.45, 7) is 1.35. The van der Waals surface area contributed by atoms with E-state index in [-0.39, 0.29) is 17.7 Å². The average molecular weight is 289 g/mol. The number of allylic oxidation sites excluding steroid dienone is 2. The van der Waals surface area contributed by atoms with E-state index in [9.17, 15) is 14.7 Å². The summed E-state index contributed by atoms with van der Waals surface area (Å²) >= 11 is 0. The van der Waals surface area contributed by atoms with Crippen molar-refractivity contribution in [3.63, 3.8) is 0 Å². The Kier molecular flexibility index (Phi) is 3.77. The Hall–Kier alpha value is -2.11. The zero-order chi connectivity index (χ0) is 14.8. The molecule has 1 fully saturated rings. The second-order valence-corrected chi connectivity index (χ2v) is 5.78. The minimum atomic E-state index is -0.856. The normalized spacial score (nSPS) is 29.7. The molecule has 1 aromatic rings. The quantitative estimate of drug-likeness (QED) is 0.602. The summed E-state index contributed by atoms with van der Waals surface area (Å²) in [7, 11) is 0. The maximum Gasteiger partial charge on any atom is 0.307 e. The third-order valence-corrected chi connectivity index (χ3v) is 4.50. The predicted molar refractivity (Wildman–Crippen MR) is 75.2 cm³/mol. The van der Waals surface area contributed by atoms with Crippen LogP contribution >= 0.6 is 0 Å². The average Bonchev–Trinajstić information content (AvgIpc) is 3.18. The van der Waals surface area contributed by atoms with Gasteiger partial charge < -0.3 is 15.0 Å². The van der Waals surface area contributed by atoms with Gasteiger partial charge in [-0.3, -0.25) is 9.59 Å². The van der Waals surface area contributed by atoms with Crippen LogP contribution < -0.4 is 5.32 Å². The Balaban J connectivity index is 1.51. The number of carbonyl (C=O) groups excluding carboxylic acids is 1. The van der Waals surface area contributed by atoms with Crippen LogP contribution in [0.25, 0.3) is 0 Å². The van der Waals surface area contributed by atoms with Crippen LogP contribution in [0.1, 0.15) is 12.8 Å². The van der Waals surface area contributed by atoms with Crippen LogP contribution in [0.2, 0.25) is 0 Å². The Morgan fingerprint density at radius 1 is 1.29 bits per heavy atom. The first-order valence-electron chi connectivity index (χ1n) is 7.31. The van der Waals surface area contributed by atoms with Gasteiger partial charge in [-0.15, -0.1) is 0 Å². The van der Waals surface area contributed by atoms with Crippen molar-refractivity contribution >= 4 is 11.9 Å². The summed E-state index contributed by atoms with van der Waals surface area (Å²) in [5, 5.41) is 12.2. The lowest BCUT2D eigenvalue weighted by atomic mass is 9.82. The Morgan fingerprint density at radius 3 is 2.71 bits per heavy atom. The van der Waals surface area contributed by atoms with E-state index in [0.717, 1.165) is 19.4 Å². The first kappa shape index (κ1) is 13.9. The molecule has 1 saturated carbocycles. The Bertz CT molecular complexity index is 553. The molecule has 6 nitrogen and oxygen atoms in total. The van der Waals surface area contributed by atoms with Gasteiger partial charge in [0, 0.05) is 25.5 Å². The number of aromatic nitrogens is 2. The van der Waals surface area contributed by atoms with Gasteiger partial charge in [-0.05, 0) is 24.7 Å². The Labute approximate surface area is 122 Å².